The van der Waals surface area contributed by atoms with Gasteiger partial charge in [0.05, 0.1) is 10.0 Å². The zero-order chi connectivity index (χ0) is 19.7. The maximum atomic E-state index is 13.9. The van der Waals surface area contributed by atoms with Crippen LogP contribution in [0.4, 0.5) is 10.1 Å². The number of hydrogen-bond donors (Lipinski definition) is 0. The van der Waals surface area contributed by atoms with Crippen molar-refractivity contribution in [2.75, 3.05) is 44.2 Å². The van der Waals surface area contributed by atoms with Gasteiger partial charge in [-0.15, -0.1) is 11.3 Å². The van der Waals surface area contributed by atoms with Crippen LogP contribution in [0.1, 0.15) is 12.0 Å². The quantitative estimate of drug-likeness (QED) is 0.709. The second-order valence-corrected chi connectivity index (χ2v) is 10.6. The summed E-state index contributed by atoms with van der Waals surface area (Å²) >= 11 is 7.06. The first-order valence-corrected chi connectivity index (χ1v) is 11.8. The number of para-hydroxylation sites is 1. The Morgan fingerprint density at radius 2 is 1.86 bits per heavy atom. The number of hydrogen-bond acceptors (Lipinski definition) is 5. The van der Waals surface area contributed by atoms with E-state index in [9.17, 15) is 12.8 Å². The minimum absolute atomic E-state index is 0.189. The fourth-order valence-electron chi connectivity index (χ4n) is 3.59. The van der Waals surface area contributed by atoms with Crippen molar-refractivity contribution in [2.24, 2.45) is 0 Å². The summed E-state index contributed by atoms with van der Waals surface area (Å²) in [6.07, 6.45) is 4.15. The lowest BCUT2D eigenvalue weighted by Gasteiger charge is -2.36. The minimum Gasteiger partial charge on any atom is -0.367 e. The van der Waals surface area contributed by atoms with Crippen LogP contribution in [-0.4, -0.2) is 56.9 Å². The van der Waals surface area contributed by atoms with E-state index in [0.29, 0.717) is 26.3 Å². The Labute approximate surface area is 173 Å². The summed E-state index contributed by atoms with van der Waals surface area (Å²) in [6.45, 7) is 4.44. The van der Waals surface area contributed by atoms with E-state index in [4.69, 9.17) is 11.6 Å². The van der Waals surface area contributed by atoms with Crippen molar-refractivity contribution in [1.82, 2.24) is 9.21 Å². The van der Waals surface area contributed by atoms with E-state index in [1.807, 2.05) is 12.1 Å². The minimum atomic E-state index is -3.50. The zero-order valence-corrected chi connectivity index (χ0v) is 17.6. The summed E-state index contributed by atoms with van der Waals surface area (Å²) in [5.74, 6) is -0.189. The second-order valence-electron chi connectivity index (χ2n) is 6.86. The third-order valence-corrected chi connectivity index (χ3v) is 8.66. The Morgan fingerprint density at radius 1 is 1.11 bits per heavy atom. The van der Waals surface area contributed by atoms with Crippen LogP contribution >= 0.6 is 22.9 Å². The van der Waals surface area contributed by atoms with Gasteiger partial charge >= 0.3 is 0 Å². The van der Waals surface area contributed by atoms with Crippen LogP contribution in [0.3, 0.4) is 0 Å². The lowest BCUT2D eigenvalue weighted by molar-refractivity contribution is 0.249. The fraction of sp³-hybridized carbons (Fsp3) is 0.368. The summed E-state index contributed by atoms with van der Waals surface area (Å²) < 4.78 is 41.5. The van der Waals surface area contributed by atoms with Gasteiger partial charge in [-0.2, -0.15) is 0 Å². The average molecular weight is 442 g/mol. The summed E-state index contributed by atoms with van der Waals surface area (Å²) in [6, 6.07) is 8.53. The van der Waals surface area contributed by atoms with Crippen molar-refractivity contribution in [3.05, 3.63) is 52.2 Å². The predicted molar refractivity (Wildman–Crippen MR) is 112 cm³/mol. The lowest BCUT2D eigenvalue weighted by atomic mass is 10.2. The first-order valence-electron chi connectivity index (χ1n) is 9.16. The molecule has 0 amide bonds. The Kier molecular flexibility index (Phi) is 5.64. The van der Waals surface area contributed by atoms with E-state index in [-0.39, 0.29) is 5.82 Å². The average Bonchev–Trinajstić information content (AvgIpc) is 3.07. The van der Waals surface area contributed by atoms with Gasteiger partial charge in [0.15, 0.2) is 0 Å². The van der Waals surface area contributed by atoms with Crippen LogP contribution in [0.2, 0.25) is 4.34 Å². The zero-order valence-electron chi connectivity index (χ0n) is 15.2. The van der Waals surface area contributed by atoms with E-state index < -0.39 is 10.0 Å². The maximum absolute atomic E-state index is 13.9. The van der Waals surface area contributed by atoms with Crippen LogP contribution < -0.4 is 4.90 Å². The SMILES string of the molecule is O=S1(=O)c2sc(Cl)cc2C=CN1CCCN1CCN(c2ccccc2F)CC1. The van der Waals surface area contributed by atoms with Crippen molar-refractivity contribution < 1.29 is 12.8 Å². The van der Waals surface area contributed by atoms with E-state index in [2.05, 4.69) is 9.80 Å². The van der Waals surface area contributed by atoms with Crippen molar-refractivity contribution in [3.8, 4) is 0 Å². The Hall–Kier alpha value is -1.61. The van der Waals surface area contributed by atoms with Gasteiger partial charge < -0.3 is 4.90 Å². The molecule has 28 heavy (non-hydrogen) atoms. The molecule has 2 aliphatic rings. The highest BCUT2D eigenvalue weighted by Crippen LogP contribution is 2.36. The van der Waals surface area contributed by atoms with Crippen molar-refractivity contribution >= 4 is 44.7 Å². The first-order chi connectivity index (χ1) is 13.4. The molecule has 1 fully saturated rings. The van der Waals surface area contributed by atoms with E-state index >= 15 is 0 Å². The molecule has 0 spiro atoms. The molecule has 5 nitrogen and oxygen atoms in total. The van der Waals surface area contributed by atoms with Gasteiger partial charge in [-0.3, -0.25) is 9.21 Å². The smallest absolute Gasteiger partial charge is 0.273 e. The number of benzene rings is 1. The van der Waals surface area contributed by atoms with Crippen LogP contribution in [0, 0.1) is 5.82 Å². The molecule has 2 aliphatic heterocycles. The predicted octanol–water partition coefficient (Wildman–Crippen LogP) is 3.73. The number of anilines is 1. The highest BCUT2D eigenvalue weighted by atomic mass is 35.5. The summed E-state index contributed by atoms with van der Waals surface area (Å²) in [5, 5.41) is 0. The standard InChI is InChI=1S/C19H21ClFN3O2S2/c20-18-14-15-6-9-24(28(25,26)19(15)27-18)8-3-7-22-10-12-23(13-11-22)17-5-2-1-4-16(17)21/h1-2,4-6,9,14H,3,7-8,10-13H2. The van der Waals surface area contributed by atoms with Gasteiger partial charge in [0.2, 0.25) is 0 Å². The molecule has 1 saturated heterocycles. The molecule has 1 aromatic heterocycles. The molecular weight excluding hydrogens is 421 g/mol. The molecule has 3 heterocycles. The number of rotatable bonds is 5. The summed E-state index contributed by atoms with van der Waals surface area (Å²) in [7, 11) is -3.50. The normalized spacial score (nSPS) is 19.1. The summed E-state index contributed by atoms with van der Waals surface area (Å²) in [4.78, 5) is 4.36. The van der Waals surface area contributed by atoms with Crippen molar-refractivity contribution in [2.45, 2.75) is 10.6 Å². The molecule has 0 aliphatic carbocycles. The third-order valence-electron chi connectivity index (χ3n) is 5.08. The maximum Gasteiger partial charge on any atom is 0.273 e. The molecule has 0 atom stereocenters. The number of fused-ring (bicyclic) bond motifs is 1. The Bertz CT molecular complexity index is 985. The Balaban J connectivity index is 1.28. The molecule has 1 aromatic carbocycles. The third kappa shape index (κ3) is 3.91. The van der Waals surface area contributed by atoms with Crippen LogP contribution in [-0.2, 0) is 10.0 Å². The van der Waals surface area contributed by atoms with Gasteiger partial charge in [0.25, 0.3) is 10.0 Å². The largest absolute Gasteiger partial charge is 0.367 e. The molecule has 0 radical (unpaired) electrons. The topological polar surface area (TPSA) is 43.9 Å². The van der Waals surface area contributed by atoms with E-state index in [0.717, 1.165) is 50.5 Å². The second kappa shape index (κ2) is 8.02. The molecule has 0 saturated carbocycles. The van der Waals surface area contributed by atoms with Crippen LogP contribution in [0.15, 0.2) is 40.7 Å². The van der Waals surface area contributed by atoms with Gasteiger partial charge in [-0.1, -0.05) is 23.7 Å². The van der Waals surface area contributed by atoms with Crippen molar-refractivity contribution in [3.63, 3.8) is 0 Å². The van der Waals surface area contributed by atoms with Crippen LogP contribution in [0.25, 0.3) is 6.08 Å². The number of nitrogens with zero attached hydrogens (tertiary/aromatic N) is 3. The summed E-state index contributed by atoms with van der Waals surface area (Å²) in [5.41, 5.74) is 1.31. The highest BCUT2D eigenvalue weighted by Gasteiger charge is 2.30. The molecule has 9 heteroatoms. The van der Waals surface area contributed by atoms with Gasteiger partial charge in [-0.25, -0.2) is 12.8 Å². The fourth-order valence-corrected chi connectivity index (χ4v) is 6.89. The van der Waals surface area contributed by atoms with Crippen LogP contribution in [0.5, 0.6) is 0 Å². The monoisotopic (exact) mass is 441 g/mol. The molecule has 0 bridgehead atoms. The number of halogens is 2. The number of thiophene rings is 1. The van der Waals surface area contributed by atoms with Gasteiger partial charge in [0.1, 0.15) is 10.0 Å². The molecule has 2 aromatic rings. The van der Waals surface area contributed by atoms with Gasteiger partial charge in [-0.05, 0) is 30.7 Å². The van der Waals surface area contributed by atoms with Crippen molar-refractivity contribution in [1.29, 1.82) is 0 Å². The van der Waals surface area contributed by atoms with E-state index in [1.165, 1.54) is 10.4 Å². The number of piperazine rings is 1. The molecule has 150 valence electrons. The van der Waals surface area contributed by atoms with E-state index in [1.54, 1.807) is 24.4 Å². The lowest BCUT2D eigenvalue weighted by Crippen LogP contribution is -2.47. The first kappa shape index (κ1) is 19.7. The van der Waals surface area contributed by atoms with Gasteiger partial charge in [0, 0.05) is 51.0 Å². The number of sulfonamides is 1. The molecule has 4 rings (SSSR count). The Morgan fingerprint density at radius 3 is 2.61 bits per heavy atom. The molecular formula is C19H21ClFN3O2S2. The highest BCUT2D eigenvalue weighted by molar-refractivity contribution is 7.91. The molecule has 0 N–H and O–H groups in total. The molecule has 0 unspecified atom stereocenters.